The largest absolute Gasteiger partial charge is 0.294 e. The number of carbonyl (C=O) groups is 1. The van der Waals surface area contributed by atoms with Gasteiger partial charge in [0, 0.05) is 16.5 Å². The molecule has 1 amide bonds. The van der Waals surface area contributed by atoms with E-state index in [1.54, 1.807) is 11.8 Å². The number of benzene rings is 1. The second-order valence-electron chi connectivity index (χ2n) is 4.44. The van der Waals surface area contributed by atoms with Crippen molar-refractivity contribution >= 4 is 29.3 Å². The molecule has 0 saturated heterocycles. The van der Waals surface area contributed by atoms with Gasteiger partial charge in [-0.15, -0.1) is 0 Å². The molecule has 0 unspecified atom stereocenters. The van der Waals surface area contributed by atoms with E-state index in [-0.39, 0.29) is 5.91 Å². The average Bonchev–Trinajstić information content (AvgIpc) is 2.30. The van der Waals surface area contributed by atoms with Crippen LogP contribution in [0, 0.1) is 5.41 Å². The molecule has 17 heavy (non-hydrogen) atoms. The number of hydrogen-bond acceptors (Lipinski definition) is 3. The van der Waals surface area contributed by atoms with Crippen molar-refractivity contribution in [3.05, 3.63) is 34.9 Å². The molecule has 5 heteroatoms. The minimum atomic E-state index is -0.472. The van der Waals surface area contributed by atoms with Crippen LogP contribution in [-0.2, 0) is 10.5 Å². The van der Waals surface area contributed by atoms with Gasteiger partial charge >= 0.3 is 0 Å². The monoisotopic (exact) mass is 272 g/mol. The highest BCUT2D eigenvalue weighted by atomic mass is 35.5. The van der Waals surface area contributed by atoms with Crippen molar-refractivity contribution in [1.29, 1.82) is 0 Å². The van der Waals surface area contributed by atoms with E-state index in [1.807, 2.05) is 38.1 Å². The molecule has 3 nitrogen and oxygen atoms in total. The summed E-state index contributed by atoms with van der Waals surface area (Å²) >= 11 is 7.72. The standard InChI is InChI=1S/C12H17ClN2OS/c1-12(2,11(16)15-14)8-17-7-9-5-3-4-6-10(9)13/h3-6H,7-8,14H2,1-2H3,(H,15,16). The van der Waals surface area contributed by atoms with Gasteiger partial charge in [0.25, 0.3) is 0 Å². The summed E-state index contributed by atoms with van der Waals surface area (Å²) in [5, 5.41) is 0.765. The van der Waals surface area contributed by atoms with Crippen molar-refractivity contribution in [3.63, 3.8) is 0 Å². The van der Waals surface area contributed by atoms with Crippen LogP contribution in [0.25, 0.3) is 0 Å². The van der Waals surface area contributed by atoms with Gasteiger partial charge in [0.1, 0.15) is 0 Å². The summed E-state index contributed by atoms with van der Waals surface area (Å²) in [5.74, 6) is 6.47. The molecular weight excluding hydrogens is 256 g/mol. The number of nitrogens with two attached hydrogens (primary N) is 1. The van der Waals surface area contributed by atoms with Crippen LogP contribution in [-0.4, -0.2) is 11.7 Å². The molecule has 0 aliphatic carbocycles. The Balaban J connectivity index is 2.48. The Labute approximate surface area is 111 Å². The molecule has 0 aliphatic rings. The summed E-state index contributed by atoms with van der Waals surface area (Å²) < 4.78 is 0. The zero-order chi connectivity index (χ0) is 12.9. The zero-order valence-corrected chi connectivity index (χ0v) is 11.6. The van der Waals surface area contributed by atoms with Crippen molar-refractivity contribution in [1.82, 2.24) is 5.43 Å². The molecular formula is C12H17ClN2OS. The van der Waals surface area contributed by atoms with Crippen molar-refractivity contribution in [2.75, 3.05) is 5.75 Å². The van der Waals surface area contributed by atoms with Gasteiger partial charge in [-0.3, -0.25) is 10.2 Å². The zero-order valence-electron chi connectivity index (χ0n) is 10.00. The Kier molecular flexibility index (Phi) is 5.31. The lowest BCUT2D eigenvalue weighted by Gasteiger charge is -2.21. The topological polar surface area (TPSA) is 55.1 Å². The summed E-state index contributed by atoms with van der Waals surface area (Å²) in [7, 11) is 0. The Morgan fingerprint density at radius 1 is 1.47 bits per heavy atom. The molecule has 3 N–H and O–H groups in total. The summed E-state index contributed by atoms with van der Waals surface area (Å²) in [6.07, 6.45) is 0. The van der Waals surface area contributed by atoms with E-state index in [4.69, 9.17) is 17.4 Å². The first-order chi connectivity index (χ1) is 7.97. The maximum absolute atomic E-state index is 11.5. The van der Waals surface area contributed by atoms with Gasteiger partial charge in [0.15, 0.2) is 0 Å². The molecule has 0 aliphatic heterocycles. The molecule has 0 spiro atoms. The molecule has 1 rings (SSSR count). The van der Waals surface area contributed by atoms with E-state index in [0.717, 1.165) is 16.3 Å². The van der Waals surface area contributed by atoms with Crippen LogP contribution in [0.1, 0.15) is 19.4 Å². The second kappa shape index (κ2) is 6.28. The third-order valence-electron chi connectivity index (χ3n) is 2.42. The number of thioether (sulfide) groups is 1. The van der Waals surface area contributed by atoms with E-state index in [1.165, 1.54) is 0 Å². The van der Waals surface area contributed by atoms with Crippen LogP contribution in [0.4, 0.5) is 0 Å². The Hall–Kier alpha value is -0.710. The van der Waals surface area contributed by atoms with Gasteiger partial charge in [0.2, 0.25) is 5.91 Å². The summed E-state index contributed by atoms with van der Waals surface area (Å²) in [4.78, 5) is 11.5. The highest BCUT2D eigenvalue weighted by Crippen LogP contribution is 2.26. The van der Waals surface area contributed by atoms with E-state index in [2.05, 4.69) is 5.43 Å². The Morgan fingerprint density at radius 3 is 2.71 bits per heavy atom. The maximum Gasteiger partial charge on any atom is 0.240 e. The number of halogens is 1. The highest BCUT2D eigenvalue weighted by Gasteiger charge is 2.26. The van der Waals surface area contributed by atoms with Crippen molar-refractivity contribution in [2.45, 2.75) is 19.6 Å². The van der Waals surface area contributed by atoms with Crippen molar-refractivity contribution < 1.29 is 4.79 Å². The van der Waals surface area contributed by atoms with Gasteiger partial charge in [-0.2, -0.15) is 11.8 Å². The number of hydrogen-bond donors (Lipinski definition) is 2. The Bertz CT molecular complexity index is 396. The third-order valence-corrected chi connectivity index (χ3v) is 4.23. The number of carbonyl (C=O) groups excluding carboxylic acids is 1. The molecule has 0 radical (unpaired) electrons. The summed E-state index contributed by atoms with van der Waals surface area (Å²) in [5.41, 5.74) is 2.80. The summed E-state index contributed by atoms with van der Waals surface area (Å²) in [6, 6.07) is 7.72. The fraction of sp³-hybridized carbons (Fsp3) is 0.417. The van der Waals surface area contributed by atoms with Crippen molar-refractivity contribution in [2.24, 2.45) is 11.3 Å². The predicted molar refractivity (Wildman–Crippen MR) is 73.7 cm³/mol. The third kappa shape index (κ3) is 4.22. The SMILES string of the molecule is CC(C)(CSCc1ccccc1Cl)C(=O)NN. The lowest BCUT2D eigenvalue weighted by Crippen LogP contribution is -2.42. The molecule has 0 bridgehead atoms. The fourth-order valence-corrected chi connectivity index (χ4v) is 2.79. The van der Waals surface area contributed by atoms with Crippen LogP contribution in [0.3, 0.4) is 0 Å². The smallest absolute Gasteiger partial charge is 0.240 e. The fourth-order valence-electron chi connectivity index (χ4n) is 1.29. The lowest BCUT2D eigenvalue weighted by atomic mass is 9.96. The minimum absolute atomic E-state index is 0.149. The molecule has 0 fully saturated rings. The van der Waals surface area contributed by atoms with Gasteiger partial charge in [-0.05, 0) is 11.6 Å². The number of hydrazine groups is 1. The molecule has 0 heterocycles. The second-order valence-corrected chi connectivity index (χ2v) is 5.83. The quantitative estimate of drug-likeness (QED) is 0.492. The minimum Gasteiger partial charge on any atom is -0.294 e. The van der Waals surface area contributed by atoms with Gasteiger partial charge in [0.05, 0.1) is 5.41 Å². The van der Waals surface area contributed by atoms with Crippen LogP contribution in [0.5, 0.6) is 0 Å². The van der Waals surface area contributed by atoms with Crippen LogP contribution < -0.4 is 11.3 Å². The van der Waals surface area contributed by atoms with Crippen LogP contribution >= 0.6 is 23.4 Å². The molecule has 1 aromatic carbocycles. The molecule has 1 aromatic rings. The van der Waals surface area contributed by atoms with Crippen molar-refractivity contribution in [3.8, 4) is 0 Å². The predicted octanol–water partition coefficient (Wildman–Crippen LogP) is 2.59. The average molecular weight is 273 g/mol. The summed E-state index contributed by atoms with van der Waals surface area (Å²) in [6.45, 7) is 3.74. The van der Waals surface area contributed by atoms with E-state index >= 15 is 0 Å². The molecule has 0 aromatic heterocycles. The van der Waals surface area contributed by atoms with Gasteiger partial charge in [-0.25, -0.2) is 5.84 Å². The van der Waals surface area contributed by atoms with Crippen LogP contribution in [0.15, 0.2) is 24.3 Å². The van der Waals surface area contributed by atoms with Crippen LogP contribution in [0.2, 0.25) is 5.02 Å². The van der Waals surface area contributed by atoms with E-state index in [9.17, 15) is 4.79 Å². The maximum atomic E-state index is 11.5. The first-order valence-electron chi connectivity index (χ1n) is 5.29. The molecule has 94 valence electrons. The normalized spacial score (nSPS) is 11.3. The lowest BCUT2D eigenvalue weighted by molar-refractivity contribution is -0.128. The molecule has 0 saturated carbocycles. The van der Waals surface area contributed by atoms with Gasteiger partial charge in [-0.1, -0.05) is 43.6 Å². The van der Waals surface area contributed by atoms with E-state index < -0.39 is 5.41 Å². The number of nitrogens with one attached hydrogen (secondary N) is 1. The van der Waals surface area contributed by atoms with Gasteiger partial charge < -0.3 is 0 Å². The Morgan fingerprint density at radius 2 is 2.12 bits per heavy atom. The van der Waals surface area contributed by atoms with E-state index in [0.29, 0.717) is 5.75 Å². The number of amides is 1. The first-order valence-corrected chi connectivity index (χ1v) is 6.83. The number of rotatable bonds is 5. The molecule has 0 atom stereocenters. The highest BCUT2D eigenvalue weighted by molar-refractivity contribution is 7.98. The first kappa shape index (κ1) is 14.4.